The molecular weight excluding hydrogens is 541 g/mol. The second kappa shape index (κ2) is 10.8. The van der Waals surface area contributed by atoms with Crippen molar-refractivity contribution in [2.24, 2.45) is 5.73 Å². The Hall–Kier alpha value is -4.90. The zero-order valence-corrected chi connectivity index (χ0v) is 23.3. The van der Waals surface area contributed by atoms with Gasteiger partial charge in [-0.15, -0.1) is 0 Å². The summed E-state index contributed by atoms with van der Waals surface area (Å²) in [4.78, 5) is 46.8. The van der Waals surface area contributed by atoms with Crippen molar-refractivity contribution in [3.05, 3.63) is 83.4 Å². The van der Waals surface area contributed by atoms with Gasteiger partial charge in [-0.1, -0.05) is 6.07 Å². The van der Waals surface area contributed by atoms with Crippen LogP contribution in [0.2, 0.25) is 0 Å². The third-order valence-corrected chi connectivity index (χ3v) is 7.59. The first-order valence-electron chi connectivity index (χ1n) is 13.3. The summed E-state index contributed by atoms with van der Waals surface area (Å²) in [5, 5.41) is 17.5. The number of aromatic nitrogens is 2. The molecule has 216 valence electrons. The average molecular weight is 572 g/mol. The second-order valence-electron chi connectivity index (χ2n) is 10.7. The summed E-state index contributed by atoms with van der Waals surface area (Å²) in [5.74, 6) is -0.606. The van der Waals surface area contributed by atoms with E-state index in [0.717, 1.165) is 0 Å². The SMILES string of the molecule is CNC(=O)[C@@]1(C)COc2c1cc([C@@](C)(O)CCC(=O)c1cc(NC(N)=O)c3ncccc3c1)nc2-c1ccc(F)cc1. The highest BCUT2D eigenvalue weighted by molar-refractivity contribution is 6.06. The molecule has 0 radical (unpaired) electrons. The topological polar surface area (TPSA) is 157 Å². The van der Waals surface area contributed by atoms with Crippen molar-refractivity contribution in [1.29, 1.82) is 0 Å². The molecule has 0 bridgehead atoms. The first-order chi connectivity index (χ1) is 19.9. The Bertz CT molecular complexity index is 1720. The number of ketones is 1. The van der Waals surface area contributed by atoms with Crippen LogP contribution in [0.1, 0.15) is 48.3 Å². The van der Waals surface area contributed by atoms with Crippen LogP contribution in [0, 0.1) is 5.82 Å². The molecule has 3 amide bonds. The molecule has 4 aromatic rings. The number of anilines is 1. The largest absolute Gasteiger partial charge is 0.489 e. The monoisotopic (exact) mass is 571 g/mol. The average Bonchev–Trinajstić information content (AvgIpc) is 3.32. The Kier molecular flexibility index (Phi) is 7.38. The molecule has 0 saturated carbocycles. The van der Waals surface area contributed by atoms with Crippen LogP contribution in [0.5, 0.6) is 5.75 Å². The number of nitrogens with one attached hydrogen (secondary N) is 2. The maximum Gasteiger partial charge on any atom is 0.316 e. The molecule has 10 nitrogen and oxygen atoms in total. The van der Waals surface area contributed by atoms with Crippen LogP contribution in [0.15, 0.2) is 60.8 Å². The minimum Gasteiger partial charge on any atom is -0.489 e. The van der Waals surface area contributed by atoms with Gasteiger partial charge in [0.05, 0.1) is 16.9 Å². The number of ether oxygens (including phenoxy) is 1. The smallest absolute Gasteiger partial charge is 0.316 e. The van der Waals surface area contributed by atoms with E-state index in [9.17, 15) is 23.9 Å². The van der Waals surface area contributed by atoms with Crippen molar-refractivity contribution < 1.29 is 28.6 Å². The fourth-order valence-electron chi connectivity index (χ4n) is 5.14. The summed E-state index contributed by atoms with van der Waals surface area (Å²) in [6.45, 7) is 3.34. The van der Waals surface area contributed by atoms with Crippen LogP contribution in [0.3, 0.4) is 0 Å². The number of halogens is 1. The normalized spacial score (nSPS) is 17.2. The minimum atomic E-state index is -1.60. The molecule has 0 saturated heterocycles. The molecule has 0 unspecified atom stereocenters. The summed E-state index contributed by atoms with van der Waals surface area (Å²) in [7, 11) is 1.53. The van der Waals surface area contributed by atoms with Crippen molar-refractivity contribution in [2.45, 2.75) is 37.7 Å². The summed E-state index contributed by atoms with van der Waals surface area (Å²) in [5.41, 5.74) is 5.40. The highest BCUT2D eigenvalue weighted by Gasteiger charge is 2.45. The summed E-state index contributed by atoms with van der Waals surface area (Å²) in [6.07, 6.45) is 1.49. The molecule has 0 aliphatic carbocycles. The number of carbonyl (C=O) groups excluding carboxylic acids is 3. The van der Waals surface area contributed by atoms with Gasteiger partial charge in [0.1, 0.15) is 34.9 Å². The number of hydrogen-bond donors (Lipinski definition) is 4. The number of primary amides is 1. The molecule has 0 fully saturated rings. The quantitative estimate of drug-likeness (QED) is 0.231. The van der Waals surface area contributed by atoms with Gasteiger partial charge in [-0.3, -0.25) is 14.6 Å². The number of likely N-dealkylation sites (N-methyl/N-ethyl adjacent to an activating group) is 1. The molecule has 11 heteroatoms. The van der Waals surface area contributed by atoms with Gasteiger partial charge in [0, 0.05) is 41.7 Å². The van der Waals surface area contributed by atoms with Gasteiger partial charge in [0.15, 0.2) is 5.78 Å². The molecule has 5 rings (SSSR count). The Morgan fingerprint density at radius 1 is 1.17 bits per heavy atom. The number of hydrogen-bond acceptors (Lipinski definition) is 7. The van der Waals surface area contributed by atoms with Gasteiger partial charge in [-0.25, -0.2) is 14.2 Å². The first kappa shape index (κ1) is 28.6. The first-order valence-corrected chi connectivity index (χ1v) is 13.3. The molecule has 2 aromatic carbocycles. The maximum atomic E-state index is 13.7. The third kappa shape index (κ3) is 5.26. The lowest BCUT2D eigenvalue weighted by Gasteiger charge is -2.26. The van der Waals surface area contributed by atoms with Gasteiger partial charge in [-0.05, 0) is 68.8 Å². The Labute approximate surface area is 241 Å². The molecule has 5 N–H and O–H groups in total. The van der Waals surface area contributed by atoms with Crippen LogP contribution in [-0.2, 0) is 15.8 Å². The van der Waals surface area contributed by atoms with Crippen molar-refractivity contribution in [2.75, 3.05) is 19.0 Å². The van der Waals surface area contributed by atoms with Crippen LogP contribution < -0.4 is 21.1 Å². The molecule has 42 heavy (non-hydrogen) atoms. The van der Waals surface area contributed by atoms with Gasteiger partial charge < -0.3 is 26.2 Å². The highest BCUT2D eigenvalue weighted by atomic mass is 19.1. The number of rotatable bonds is 8. The van der Waals surface area contributed by atoms with Gasteiger partial charge >= 0.3 is 6.03 Å². The molecule has 2 atom stereocenters. The second-order valence-corrected chi connectivity index (χ2v) is 10.7. The van der Waals surface area contributed by atoms with Gasteiger partial charge in [0.25, 0.3) is 0 Å². The lowest BCUT2D eigenvalue weighted by Crippen LogP contribution is -2.42. The lowest BCUT2D eigenvalue weighted by atomic mass is 9.81. The number of benzene rings is 2. The summed E-state index contributed by atoms with van der Waals surface area (Å²) >= 11 is 0. The number of urea groups is 1. The molecule has 0 spiro atoms. The summed E-state index contributed by atoms with van der Waals surface area (Å²) < 4.78 is 19.7. The van der Waals surface area contributed by atoms with E-state index in [2.05, 4.69) is 15.6 Å². The number of Topliss-reactive ketones (excluding diaryl/α,β-unsaturated/α-hetero) is 1. The Morgan fingerprint density at radius 3 is 2.60 bits per heavy atom. The molecular formula is C31H30FN5O5. The van der Waals surface area contributed by atoms with E-state index in [1.165, 1.54) is 25.2 Å². The molecule has 1 aliphatic rings. The van der Waals surface area contributed by atoms with E-state index < -0.39 is 22.9 Å². The Morgan fingerprint density at radius 2 is 1.90 bits per heavy atom. The zero-order chi connectivity index (χ0) is 30.2. The van der Waals surface area contributed by atoms with Crippen LogP contribution in [-0.4, -0.2) is 46.5 Å². The van der Waals surface area contributed by atoms with Crippen molar-refractivity contribution in [1.82, 2.24) is 15.3 Å². The third-order valence-electron chi connectivity index (χ3n) is 7.59. The maximum absolute atomic E-state index is 13.7. The van der Waals surface area contributed by atoms with Crippen LogP contribution in [0.4, 0.5) is 14.9 Å². The van der Waals surface area contributed by atoms with Gasteiger partial charge in [0.2, 0.25) is 5.91 Å². The fraction of sp³-hybridized carbons (Fsp3) is 0.258. The van der Waals surface area contributed by atoms with E-state index in [0.29, 0.717) is 44.7 Å². The molecule has 3 heterocycles. The fourth-order valence-corrected chi connectivity index (χ4v) is 5.14. The number of nitrogens with zero attached hydrogens (tertiary/aromatic N) is 2. The number of fused-ring (bicyclic) bond motifs is 2. The van der Waals surface area contributed by atoms with E-state index in [1.807, 2.05) is 0 Å². The van der Waals surface area contributed by atoms with Crippen molar-refractivity contribution in [3.63, 3.8) is 0 Å². The Balaban J connectivity index is 1.50. The number of carbonyl (C=O) groups is 3. The predicted octanol–water partition coefficient (Wildman–Crippen LogP) is 4.19. The van der Waals surface area contributed by atoms with E-state index in [-0.39, 0.29) is 36.8 Å². The van der Waals surface area contributed by atoms with Crippen LogP contribution >= 0.6 is 0 Å². The number of amides is 3. The van der Waals surface area contributed by atoms with E-state index in [1.54, 1.807) is 56.4 Å². The number of nitrogens with two attached hydrogens (primary N) is 1. The molecule has 1 aliphatic heterocycles. The van der Waals surface area contributed by atoms with Gasteiger partial charge in [-0.2, -0.15) is 0 Å². The lowest BCUT2D eigenvalue weighted by molar-refractivity contribution is -0.126. The summed E-state index contributed by atoms with van der Waals surface area (Å²) in [6, 6.07) is 13.2. The predicted molar refractivity (Wildman–Crippen MR) is 155 cm³/mol. The van der Waals surface area contributed by atoms with E-state index in [4.69, 9.17) is 15.5 Å². The minimum absolute atomic E-state index is 0.0122. The molecule has 2 aromatic heterocycles. The number of pyridine rings is 2. The standard InChI is InChI=1S/C31H30FN5O5/c1-30(28(39)34-3)16-42-27-21(30)15-24(37-26(27)17-6-8-20(32)9-7-17)31(2,41)11-10-23(38)19-13-18-5-4-12-35-25(18)22(14-19)36-29(33)40/h4-9,12-15,41H,10-11,16H2,1-3H3,(H,34,39)(H3,33,36,40)/t30-,31-/m0/s1. The van der Waals surface area contributed by atoms with Crippen LogP contribution in [0.25, 0.3) is 22.2 Å². The number of aliphatic hydroxyl groups is 1. The zero-order valence-electron chi connectivity index (χ0n) is 23.3. The highest BCUT2D eigenvalue weighted by Crippen LogP contribution is 2.46. The van der Waals surface area contributed by atoms with Crippen molar-refractivity contribution >= 4 is 34.3 Å². The van der Waals surface area contributed by atoms with Crippen molar-refractivity contribution in [3.8, 4) is 17.0 Å². The van der Waals surface area contributed by atoms with E-state index >= 15 is 0 Å².